The van der Waals surface area contributed by atoms with E-state index in [4.69, 9.17) is 0 Å². The van der Waals surface area contributed by atoms with E-state index in [1.54, 1.807) is 33.0 Å². The van der Waals surface area contributed by atoms with Crippen LogP contribution >= 0.6 is 0 Å². The number of fused-ring (bicyclic) bond motifs is 6. The summed E-state index contributed by atoms with van der Waals surface area (Å²) in [6, 6.07) is 18.1. The lowest BCUT2D eigenvalue weighted by Gasteiger charge is -2.13. The Bertz CT molecular complexity index is 940. The van der Waals surface area contributed by atoms with Crippen molar-refractivity contribution in [2.24, 2.45) is 0 Å². The van der Waals surface area contributed by atoms with E-state index in [1.807, 2.05) is 0 Å². The summed E-state index contributed by atoms with van der Waals surface area (Å²) in [4.78, 5) is 0. The summed E-state index contributed by atoms with van der Waals surface area (Å²) in [6.07, 6.45) is 4.83. The zero-order chi connectivity index (χ0) is 14.3. The summed E-state index contributed by atoms with van der Waals surface area (Å²) in [6.45, 7) is 0. The maximum atomic E-state index is 2.34. The molecule has 104 valence electrons. The monoisotopic (exact) mass is 280 g/mol. The Morgan fingerprint density at radius 3 is 0.955 bits per heavy atom. The Kier molecular flexibility index (Phi) is 1.89. The lowest BCUT2D eigenvalue weighted by atomic mass is 9.90. The van der Waals surface area contributed by atoms with E-state index in [1.165, 1.54) is 47.2 Å². The molecule has 0 radical (unpaired) electrons. The Hall–Kier alpha value is -2.34. The lowest BCUT2D eigenvalue weighted by Crippen LogP contribution is -1.90. The highest BCUT2D eigenvalue weighted by atomic mass is 14.3. The van der Waals surface area contributed by atoms with E-state index < -0.39 is 0 Å². The predicted octanol–water partition coefficient (Wildman–Crippen LogP) is 5.34. The maximum absolute atomic E-state index is 2.34. The Labute approximate surface area is 129 Å². The fourth-order valence-electron chi connectivity index (χ4n) is 5.06. The van der Waals surface area contributed by atoms with Crippen LogP contribution in [0.4, 0.5) is 0 Å². The highest BCUT2D eigenvalue weighted by molar-refractivity contribution is 6.17. The molecule has 0 amide bonds. The van der Waals surface area contributed by atoms with Gasteiger partial charge in [-0.1, -0.05) is 48.5 Å². The summed E-state index contributed by atoms with van der Waals surface area (Å²) < 4.78 is 0. The normalized spacial score (nSPS) is 15.5. The Balaban J connectivity index is 2.03. The van der Waals surface area contributed by atoms with E-state index >= 15 is 0 Å². The Morgan fingerprint density at radius 2 is 0.682 bits per heavy atom. The van der Waals surface area contributed by atoms with E-state index in [9.17, 15) is 0 Å². The molecule has 0 atom stereocenters. The number of aryl methyl sites for hydroxylation is 4. The highest BCUT2D eigenvalue weighted by Crippen LogP contribution is 2.47. The van der Waals surface area contributed by atoms with Gasteiger partial charge in [0.05, 0.1) is 0 Å². The van der Waals surface area contributed by atoms with E-state index in [2.05, 4.69) is 48.5 Å². The molecule has 22 heavy (non-hydrogen) atoms. The molecule has 2 aliphatic rings. The predicted molar refractivity (Wildman–Crippen MR) is 93.8 cm³/mol. The number of rotatable bonds is 0. The van der Waals surface area contributed by atoms with Crippen molar-refractivity contribution in [1.82, 2.24) is 0 Å². The largest absolute Gasteiger partial charge is 0.0616 e. The van der Waals surface area contributed by atoms with Crippen LogP contribution in [0.3, 0.4) is 0 Å². The number of hydrogen-bond donors (Lipinski definition) is 0. The fraction of sp³-hybridized carbons (Fsp3) is 0.182. The van der Waals surface area contributed by atoms with Crippen LogP contribution < -0.4 is 0 Å². The van der Waals surface area contributed by atoms with Gasteiger partial charge in [0.2, 0.25) is 0 Å². The SMILES string of the molecule is c1ccc2c3c4c(c5ccccc5c5c4c(c2c1)CC5)CC3. The molecule has 4 aromatic rings. The van der Waals surface area contributed by atoms with E-state index in [0.29, 0.717) is 0 Å². The quantitative estimate of drug-likeness (QED) is 0.381. The van der Waals surface area contributed by atoms with Gasteiger partial charge >= 0.3 is 0 Å². The van der Waals surface area contributed by atoms with Crippen molar-refractivity contribution in [3.63, 3.8) is 0 Å². The third kappa shape index (κ3) is 1.14. The average Bonchev–Trinajstić information content (AvgIpc) is 3.19. The Morgan fingerprint density at radius 1 is 0.409 bits per heavy atom. The van der Waals surface area contributed by atoms with Crippen LogP contribution in [0.2, 0.25) is 0 Å². The standard InChI is InChI=1S/C22H16/c1-2-6-14-13(5-1)17-9-10-19-15-7-3-4-8-16(15)20-12-11-18(14)22(20)21(17)19/h1-8H,9-12H2. The molecule has 0 heteroatoms. The van der Waals surface area contributed by atoms with Gasteiger partial charge in [-0.05, 0) is 80.3 Å². The minimum absolute atomic E-state index is 1.21. The van der Waals surface area contributed by atoms with Gasteiger partial charge in [0, 0.05) is 0 Å². The van der Waals surface area contributed by atoms with Crippen LogP contribution in [0.5, 0.6) is 0 Å². The van der Waals surface area contributed by atoms with Gasteiger partial charge in [-0.2, -0.15) is 0 Å². The lowest BCUT2D eigenvalue weighted by molar-refractivity contribution is 1.03. The number of hydrogen-bond acceptors (Lipinski definition) is 0. The first kappa shape index (κ1) is 11.3. The molecule has 0 saturated carbocycles. The highest BCUT2D eigenvalue weighted by Gasteiger charge is 2.28. The zero-order valence-electron chi connectivity index (χ0n) is 12.4. The van der Waals surface area contributed by atoms with Gasteiger partial charge < -0.3 is 0 Å². The first-order valence-corrected chi connectivity index (χ1v) is 8.32. The van der Waals surface area contributed by atoms with Crippen molar-refractivity contribution < 1.29 is 0 Å². The van der Waals surface area contributed by atoms with Crippen LogP contribution in [0.15, 0.2) is 48.5 Å². The molecule has 0 saturated heterocycles. The second-order valence-corrected chi connectivity index (χ2v) is 6.76. The molecule has 0 bridgehead atoms. The van der Waals surface area contributed by atoms with Gasteiger partial charge in [0.15, 0.2) is 0 Å². The molecule has 0 N–H and O–H groups in total. The second-order valence-electron chi connectivity index (χ2n) is 6.76. The molecule has 0 aromatic heterocycles. The first-order valence-electron chi connectivity index (χ1n) is 8.32. The molecule has 2 aliphatic carbocycles. The van der Waals surface area contributed by atoms with Crippen molar-refractivity contribution in [3.05, 3.63) is 70.8 Å². The molecule has 0 aliphatic heterocycles. The minimum Gasteiger partial charge on any atom is -0.0616 e. The van der Waals surface area contributed by atoms with Crippen LogP contribution in [-0.2, 0) is 25.7 Å². The van der Waals surface area contributed by atoms with Crippen molar-refractivity contribution in [2.75, 3.05) is 0 Å². The minimum atomic E-state index is 1.21. The van der Waals surface area contributed by atoms with Gasteiger partial charge in [-0.3, -0.25) is 0 Å². The second kappa shape index (κ2) is 3.70. The molecule has 6 rings (SSSR count). The molecular formula is C22H16. The van der Waals surface area contributed by atoms with Crippen molar-refractivity contribution in [1.29, 1.82) is 0 Å². The maximum Gasteiger partial charge on any atom is -0.0101 e. The smallest absolute Gasteiger partial charge is 0.0101 e. The van der Waals surface area contributed by atoms with Crippen molar-refractivity contribution in [3.8, 4) is 0 Å². The summed E-state index contributed by atoms with van der Waals surface area (Å²) in [5.41, 5.74) is 6.44. The summed E-state index contributed by atoms with van der Waals surface area (Å²) >= 11 is 0. The number of benzene rings is 4. The van der Waals surface area contributed by atoms with Crippen LogP contribution in [-0.4, -0.2) is 0 Å². The summed E-state index contributed by atoms with van der Waals surface area (Å²) in [5.74, 6) is 0. The van der Waals surface area contributed by atoms with E-state index in [-0.39, 0.29) is 0 Å². The molecule has 0 unspecified atom stereocenters. The van der Waals surface area contributed by atoms with Crippen molar-refractivity contribution in [2.45, 2.75) is 25.7 Å². The average molecular weight is 280 g/mol. The van der Waals surface area contributed by atoms with Crippen LogP contribution in [0.1, 0.15) is 22.3 Å². The summed E-state index contributed by atoms with van der Waals surface area (Å²) in [7, 11) is 0. The molecule has 0 heterocycles. The third-order valence-electron chi connectivity index (χ3n) is 5.86. The van der Waals surface area contributed by atoms with Crippen molar-refractivity contribution >= 4 is 32.3 Å². The molecule has 0 spiro atoms. The fourth-order valence-corrected chi connectivity index (χ4v) is 5.06. The van der Waals surface area contributed by atoms with Gasteiger partial charge in [0.1, 0.15) is 0 Å². The van der Waals surface area contributed by atoms with E-state index in [0.717, 1.165) is 0 Å². The third-order valence-corrected chi connectivity index (χ3v) is 5.86. The molecule has 4 aromatic carbocycles. The zero-order valence-corrected chi connectivity index (χ0v) is 12.4. The van der Waals surface area contributed by atoms with Crippen LogP contribution in [0.25, 0.3) is 32.3 Å². The topological polar surface area (TPSA) is 0 Å². The van der Waals surface area contributed by atoms with Gasteiger partial charge in [-0.25, -0.2) is 0 Å². The molecular weight excluding hydrogens is 264 g/mol. The molecule has 0 nitrogen and oxygen atoms in total. The van der Waals surface area contributed by atoms with Crippen LogP contribution in [0, 0.1) is 0 Å². The van der Waals surface area contributed by atoms with Gasteiger partial charge in [0.25, 0.3) is 0 Å². The van der Waals surface area contributed by atoms with Gasteiger partial charge in [-0.15, -0.1) is 0 Å². The first-order chi connectivity index (χ1) is 10.9. The molecule has 0 fully saturated rings. The summed E-state index contributed by atoms with van der Waals surface area (Å²) in [5, 5.41) is 9.25.